The average Bonchev–Trinajstić information content (AvgIpc) is 2.83. The van der Waals surface area contributed by atoms with Crippen LogP contribution in [-0.2, 0) is 17.8 Å². The van der Waals surface area contributed by atoms with E-state index in [4.69, 9.17) is 14.2 Å². The van der Waals surface area contributed by atoms with E-state index in [1.54, 1.807) is 38.7 Å². The van der Waals surface area contributed by atoms with Gasteiger partial charge in [-0.2, -0.15) is 0 Å². The van der Waals surface area contributed by atoms with Crippen LogP contribution in [0.25, 0.3) is 0 Å². The lowest BCUT2D eigenvalue weighted by molar-refractivity contribution is -0.116. The van der Waals surface area contributed by atoms with E-state index in [-0.39, 0.29) is 11.8 Å². The van der Waals surface area contributed by atoms with Crippen molar-refractivity contribution < 1.29 is 19.0 Å². The Morgan fingerprint density at radius 2 is 2.00 bits per heavy atom. The Hall–Kier alpha value is -3.54. The van der Waals surface area contributed by atoms with E-state index in [1.807, 2.05) is 24.3 Å². The van der Waals surface area contributed by atoms with Gasteiger partial charge in [-0.25, -0.2) is 0 Å². The summed E-state index contributed by atoms with van der Waals surface area (Å²) in [5.41, 5.74) is 4.17. The Bertz CT molecular complexity index is 1070. The topological polar surface area (TPSA) is 69.7 Å². The molecule has 0 aliphatic heterocycles. The highest BCUT2D eigenvalue weighted by Crippen LogP contribution is 2.36. The Balaban J connectivity index is 1.42. The maximum atomic E-state index is 12.8. The molecule has 4 rings (SSSR count). The van der Waals surface area contributed by atoms with Crippen LogP contribution >= 0.6 is 0 Å². The number of nitrogens with one attached hydrogen (secondary N) is 1. The molecule has 0 saturated heterocycles. The van der Waals surface area contributed by atoms with E-state index < -0.39 is 0 Å². The quantitative estimate of drug-likeness (QED) is 0.535. The van der Waals surface area contributed by atoms with Crippen molar-refractivity contribution in [3.63, 3.8) is 0 Å². The van der Waals surface area contributed by atoms with Gasteiger partial charge in [-0.1, -0.05) is 12.1 Å². The average molecular weight is 433 g/mol. The molecule has 1 aromatic heterocycles. The first-order chi connectivity index (χ1) is 15.7. The summed E-state index contributed by atoms with van der Waals surface area (Å²) in [6.45, 7) is 0.365. The zero-order chi connectivity index (χ0) is 22.3. The van der Waals surface area contributed by atoms with Crippen LogP contribution in [0.15, 0.2) is 60.9 Å². The number of aromatic nitrogens is 1. The van der Waals surface area contributed by atoms with Gasteiger partial charge in [0.05, 0.1) is 14.2 Å². The molecular weight excluding hydrogens is 404 g/mol. The standard InChI is InChI=1S/C26H28N2O4/c1-30-22-9-10-23-19(13-22)6-3-7-20(23)14-26(29)28-21-8-11-24(31-2)25(15-21)32-17-18-5-4-12-27-16-18/h4-5,8-13,15-16,20H,3,6-7,14,17H2,1-2H3,(H,28,29). The Kier molecular flexibility index (Phi) is 6.90. The van der Waals surface area contributed by atoms with E-state index in [0.717, 1.165) is 30.6 Å². The van der Waals surface area contributed by atoms with E-state index in [2.05, 4.69) is 22.4 Å². The highest BCUT2D eigenvalue weighted by molar-refractivity contribution is 5.91. The van der Waals surface area contributed by atoms with Crippen LogP contribution in [0.5, 0.6) is 17.2 Å². The van der Waals surface area contributed by atoms with Crippen molar-refractivity contribution in [2.24, 2.45) is 0 Å². The lowest BCUT2D eigenvalue weighted by Gasteiger charge is -2.25. The van der Waals surface area contributed by atoms with Crippen LogP contribution in [-0.4, -0.2) is 25.1 Å². The zero-order valence-corrected chi connectivity index (χ0v) is 18.5. The molecular formula is C26H28N2O4. The molecule has 2 aromatic carbocycles. The molecule has 0 spiro atoms. The molecule has 0 radical (unpaired) electrons. The third kappa shape index (κ3) is 5.19. The molecule has 1 N–H and O–H groups in total. The Morgan fingerprint density at radius 1 is 1.09 bits per heavy atom. The van der Waals surface area contributed by atoms with Crippen molar-refractivity contribution in [2.75, 3.05) is 19.5 Å². The lowest BCUT2D eigenvalue weighted by atomic mass is 9.81. The highest BCUT2D eigenvalue weighted by Gasteiger charge is 2.23. The molecule has 0 saturated carbocycles. The minimum Gasteiger partial charge on any atom is -0.497 e. The number of carbonyl (C=O) groups excluding carboxylic acids is 1. The minimum atomic E-state index is -0.0120. The normalized spacial score (nSPS) is 14.9. The van der Waals surface area contributed by atoms with Gasteiger partial charge < -0.3 is 19.5 Å². The summed E-state index contributed by atoms with van der Waals surface area (Å²) in [6.07, 6.45) is 7.04. The van der Waals surface area contributed by atoms with Gasteiger partial charge in [0.15, 0.2) is 11.5 Å². The molecule has 1 aliphatic carbocycles. The molecule has 1 atom stereocenters. The number of nitrogens with zero attached hydrogens (tertiary/aromatic N) is 1. The van der Waals surface area contributed by atoms with Crippen molar-refractivity contribution >= 4 is 11.6 Å². The molecule has 1 aliphatic rings. The SMILES string of the molecule is COc1ccc2c(c1)CCCC2CC(=O)Nc1ccc(OC)c(OCc2cccnc2)c1. The molecule has 32 heavy (non-hydrogen) atoms. The fraction of sp³-hybridized carbons (Fsp3) is 0.308. The van der Waals surface area contributed by atoms with Gasteiger partial charge in [0.25, 0.3) is 0 Å². The fourth-order valence-corrected chi connectivity index (χ4v) is 4.18. The Morgan fingerprint density at radius 3 is 2.78 bits per heavy atom. The maximum absolute atomic E-state index is 12.8. The predicted molar refractivity (Wildman–Crippen MR) is 123 cm³/mol. The predicted octanol–water partition coefficient (Wildman–Crippen LogP) is 5.13. The van der Waals surface area contributed by atoms with Crippen LogP contribution in [0, 0.1) is 0 Å². The number of amides is 1. The summed E-state index contributed by atoms with van der Waals surface area (Å²) in [6, 6.07) is 15.4. The van der Waals surface area contributed by atoms with E-state index in [9.17, 15) is 4.79 Å². The van der Waals surface area contributed by atoms with Gasteiger partial charge in [-0.3, -0.25) is 9.78 Å². The number of pyridine rings is 1. The summed E-state index contributed by atoms with van der Waals surface area (Å²) in [5, 5.41) is 3.02. The highest BCUT2D eigenvalue weighted by atomic mass is 16.5. The van der Waals surface area contributed by atoms with Gasteiger partial charge in [-0.15, -0.1) is 0 Å². The van der Waals surface area contributed by atoms with Gasteiger partial charge in [0.1, 0.15) is 12.4 Å². The molecule has 1 unspecified atom stereocenters. The number of anilines is 1. The van der Waals surface area contributed by atoms with Crippen molar-refractivity contribution in [1.82, 2.24) is 4.98 Å². The van der Waals surface area contributed by atoms with Gasteiger partial charge >= 0.3 is 0 Å². The number of rotatable bonds is 8. The number of fused-ring (bicyclic) bond motifs is 1. The third-order valence-electron chi connectivity index (χ3n) is 5.78. The van der Waals surface area contributed by atoms with Crippen LogP contribution in [0.3, 0.4) is 0 Å². The molecule has 0 bridgehead atoms. The lowest BCUT2D eigenvalue weighted by Crippen LogP contribution is -2.19. The number of ether oxygens (including phenoxy) is 3. The number of carbonyl (C=O) groups is 1. The van der Waals surface area contributed by atoms with Gasteiger partial charge in [0.2, 0.25) is 5.91 Å². The summed E-state index contributed by atoms with van der Waals surface area (Å²) in [5.74, 6) is 2.25. The number of aryl methyl sites for hydroxylation is 1. The zero-order valence-electron chi connectivity index (χ0n) is 18.5. The van der Waals surface area contributed by atoms with Crippen molar-refractivity contribution in [3.8, 4) is 17.2 Å². The number of benzene rings is 2. The van der Waals surface area contributed by atoms with Crippen molar-refractivity contribution in [1.29, 1.82) is 0 Å². The minimum absolute atomic E-state index is 0.0120. The number of methoxy groups -OCH3 is 2. The third-order valence-corrected chi connectivity index (χ3v) is 5.78. The van der Waals surface area contributed by atoms with Crippen LogP contribution in [0.4, 0.5) is 5.69 Å². The van der Waals surface area contributed by atoms with Gasteiger partial charge in [0, 0.05) is 36.1 Å². The first kappa shape index (κ1) is 21.7. The smallest absolute Gasteiger partial charge is 0.224 e. The van der Waals surface area contributed by atoms with Crippen molar-refractivity contribution in [2.45, 2.75) is 38.2 Å². The first-order valence-corrected chi connectivity index (χ1v) is 10.8. The van der Waals surface area contributed by atoms with Gasteiger partial charge in [-0.05, 0) is 66.6 Å². The Labute approximate surface area is 188 Å². The summed E-state index contributed by atoms with van der Waals surface area (Å²) < 4.78 is 16.7. The van der Waals surface area contributed by atoms with Crippen LogP contribution in [0.2, 0.25) is 0 Å². The van der Waals surface area contributed by atoms with E-state index in [1.165, 1.54) is 11.1 Å². The van der Waals surface area contributed by atoms with Crippen LogP contribution in [0.1, 0.15) is 41.9 Å². The molecule has 1 amide bonds. The summed E-state index contributed by atoms with van der Waals surface area (Å²) >= 11 is 0. The molecule has 6 nitrogen and oxygen atoms in total. The molecule has 1 heterocycles. The number of hydrogen-bond donors (Lipinski definition) is 1. The number of hydrogen-bond acceptors (Lipinski definition) is 5. The first-order valence-electron chi connectivity index (χ1n) is 10.8. The largest absolute Gasteiger partial charge is 0.497 e. The van der Waals surface area contributed by atoms with Crippen molar-refractivity contribution in [3.05, 3.63) is 77.6 Å². The monoisotopic (exact) mass is 432 g/mol. The fourth-order valence-electron chi connectivity index (χ4n) is 4.18. The summed E-state index contributed by atoms with van der Waals surface area (Å²) in [7, 11) is 3.28. The second kappa shape index (κ2) is 10.2. The summed E-state index contributed by atoms with van der Waals surface area (Å²) in [4.78, 5) is 16.9. The van der Waals surface area contributed by atoms with Crippen LogP contribution < -0.4 is 19.5 Å². The molecule has 3 aromatic rings. The molecule has 6 heteroatoms. The molecule has 166 valence electrons. The van der Waals surface area contributed by atoms with E-state index >= 15 is 0 Å². The second-order valence-electron chi connectivity index (χ2n) is 7.92. The second-order valence-corrected chi connectivity index (χ2v) is 7.92. The molecule has 0 fully saturated rings. The van der Waals surface area contributed by atoms with E-state index in [0.29, 0.717) is 30.2 Å². The maximum Gasteiger partial charge on any atom is 0.224 e.